The van der Waals surface area contributed by atoms with E-state index >= 15 is 0 Å². The van der Waals surface area contributed by atoms with Crippen LogP contribution in [0.5, 0.6) is 0 Å². The Kier molecular flexibility index (Phi) is 2.81. The molecule has 0 spiro atoms. The SMILES string of the molecule is CC(C(=O)O)N(C)c1ccnc(C2CC2)c1. The van der Waals surface area contributed by atoms with Crippen LogP contribution in [0.3, 0.4) is 0 Å². The van der Waals surface area contributed by atoms with Crippen molar-refractivity contribution < 1.29 is 9.90 Å². The molecule has 0 radical (unpaired) electrons. The van der Waals surface area contributed by atoms with Gasteiger partial charge >= 0.3 is 5.97 Å². The largest absolute Gasteiger partial charge is 0.480 e. The Morgan fingerprint density at radius 3 is 2.88 bits per heavy atom. The zero-order chi connectivity index (χ0) is 11.7. The maximum Gasteiger partial charge on any atom is 0.326 e. The highest BCUT2D eigenvalue weighted by atomic mass is 16.4. The molecule has 0 aromatic carbocycles. The molecule has 1 aliphatic carbocycles. The average Bonchev–Trinajstić information content (AvgIpc) is 3.11. The van der Waals surface area contributed by atoms with Crippen LogP contribution in [0.15, 0.2) is 18.3 Å². The van der Waals surface area contributed by atoms with E-state index < -0.39 is 12.0 Å². The Balaban J connectivity index is 2.18. The third-order valence-electron chi connectivity index (χ3n) is 3.11. The number of likely N-dealkylation sites (N-methyl/N-ethyl adjacent to an activating group) is 1. The fourth-order valence-corrected chi connectivity index (χ4v) is 1.65. The third kappa shape index (κ3) is 2.15. The van der Waals surface area contributed by atoms with Crippen LogP contribution in [-0.2, 0) is 4.79 Å². The number of hydrogen-bond acceptors (Lipinski definition) is 3. The van der Waals surface area contributed by atoms with Gasteiger partial charge in [0.05, 0.1) is 0 Å². The van der Waals surface area contributed by atoms with E-state index in [0.717, 1.165) is 11.4 Å². The number of carboxylic acid groups (broad SMARTS) is 1. The van der Waals surface area contributed by atoms with Crippen molar-refractivity contribution in [1.29, 1.82) is 0 Å². The molecule has 0 aliphatic heterocycles. The Morgan fingerprint density at radius 2 is 2.31 bits per heavy atom. The summed E-state index contributed by atoms with van der Waals surface area (Å²) in [5.41, 5.74) is 2.01. The molecule has 1 heterocycles. The molecule has 4 heteroatoms. The lowest BCUT2D eigenvalue weighted by Gasteiger charge is -2.23. The van der Waals surface area contributed by atoms with Crippen LogP contribution in [0.2, 0.25) is 0 Å². The van der Waals surface area contributed by atoms with E-state index in [-0.39, 0.29) is 0 Å². The van der Waals surface area contributed by atoms with Gasteiger partial charge in [-0.25, -0.2) is 4.79 Å². The first-order valence-corrected chi connectivity index (χ1v) is 5.51. The predicted octanol–water partition coefficient (Wildman–Crippen LogP) is 1.87. The highest BCUT2D eigenvalue weighted by Gasteiger charge is 2.26. The molecule has 0 amide bonds. The standard InChI is InChI=1S/C12H16N2O2/c1-8(12(15)16)14(2)10-5-6-13-11(7-10)9-3-4-9/h5-9H,3-4H2,1-2H3,(H,15,16). The average molecular weight is 220 g/mol. The van der Waals surface area contributed by atoms with Crippen molar-refractivity contribution in [2.75, 3.05) is 11.9 Å². The Labute approximate surface area is 94.9 Å². The molecule has 86 valence electrons. The van der Waals surface area contributed by atoms with E-state index in [2.05, 4.69) is 4.98 Å². The van der Waals surface area contributed by atoms with Crippen LogP contribution < -0.4 is 4.90 Å². The van der Waals surface area contributed by atoms with Gasteiger partial charge in [0.15, 0.2) is 0 Å². The van der Waals surface area contributed by atoms with Crippen molar-refractivity contribution in [1.82, 2.24) is 4.98 Å². The summed E-state index contributed by atoms with van der Waals surface area (Å²) in [5, 5.41) is 8.95. The van der Waals surface area contributed by atoms with Gasteiger partial charge in [0.2, 0.25) is 0 Å². The first kappa shape index (κ1) is 10.9. The van der Waals surface area contributed by atoms with Crippen LogP contribution in [0, 0.1) is 0 Å². The van der Waals surface area contributed by atoms with Crippen LogP contribution in [0.4, 0.5) is 5.69 Å². The number of aromatic nitrogens is 1. The van der Waals surface area contributed by atoms with Gasteiger partial charge in [-0.3, -0.25) is 4.98 Å². The summed E-state index contributed by atoms with van der Waals surface area (Å²) in [4.78, 5) is 17.0. The number of pyridine rings is 1. The molecule has 1 aromatic heterocycles. The molecule has 1 unspecified atom stereocenters. The molecule has 16 heavy (non-hydrogen) atoms. The van der Waals surface area contributed by atoms with E-state index in [4.69, 9.17) is 5.11 Å². The minimum Gasteiger partial charge on any atom is -0.480 e. The minimum atomic E-state index is -0.813. The fraction of sp³-hybridized carbons (Fsp3) is 0.500. The normalized spacial score (nSPS) is 16.9. The Bertz CT molecular complexity index is 402. The van der Waals surface area contributed by atoms with Gasteiger partial charge in [-0.1, -0.05) is 0 Å². The van der Waals surface area contributed by atoms with Crippen molar-refractivity contribution in [3.63, 3.8) is 0 Å². The molecule has 1 atom stereocenters. The summed E-state index contributed by atoms with van der Waals surface area (Å²) in [6, 6.07) is 3.33. The molecule has 1 fully saturated rings. The lowest BCUT2D eigenvalue weighted by atomic mass is 10.2. The Morgan fingerprint density at radius 1 is 1.62 bits per heavy atom. The zero-order valence-corrected chi connectivity index (χ0v) is 9.55. The second-order valence-electron chi connectivity index (χ2n) is 4.34. The lowest BCUT2D eigenvalue weighted by Crippen LogP contribution is -2.35. The first-order chi connectivity index (χ1) is 7.59. The monoisotopic (exact) mass is 220 g/mol. The van der Waals surface area contributed by atoms with Gasteiger partial charge in [-0.15, -0.1) is 0 Å². The lowest BCUT2D eigenvalue weighted by molar-refractivity contribution is -0.138. The number of hydrogen-bond donors (Lipinski definition) is 1. The van der Waals surface area contributed by atoms with E-state index in [1.54, 1.807) is 25.1 Å². The van der Waals surface area contributed by atoms with Crippen LogP contribution in [0.25, 0.3) is 0 Å². The smallest absolute Gasteiger partial charge is 0.326 e. The summed E-state index contributed by atoms with van der Waals surface area (Å²) in [5.74, 6) is -0.222. The number of rotatable bonds is 4. The van der Waals surface area contributed by atoms with Crippen molar-refractivity contribution in [3.05, 3.63) is 24.0 Å². The number of carboxylic acids is 1. The molecular formula is C12H16N2O2. The fourth-order valence-electron chi connectivity index (χ4n) is 1.65. The van der Waals surface area contributed by atoms with Gasteiger partial charge in [-0.05, 0) is 31.9 Å². The molecule has 0 saturated heterocycles. The van der Waals surface area contributed by atoms with Crippen LogP contribution in [-0.4, -0.2) is 29.1 Å². The third-order valence-corrected chi connectivity index (χ3v) is 3.11. The quantitative estimate of drug-likeness (QED) is 0.841. The molecule has 1 aliphatic rings. The molecule has 2 rings (SSSR count). The van der Waals surface area contributed by atoms with Gasteiger partial charge in [0.25, 0.3) is 0 Å². The van der Waals surface area contributed by atoms with Gasteiger partial charge in [0, 0.05) is 30.5 Å². The van der Waals surface area contributed by atoms with E-state index in [9.17, 15) is 4.79 Å². The number of nitrogens with zero attached hydrogens (tertiary/aromatic N) is 2. The molecule has 1 N–H and O–H groups in total. The topological polar surface area (TPSA) is 53.4 Å². The van der Waals surface area contributed by atoms with Gasteiger partial charge in [0.1, 0.15) is 6.04 Å². The summed E-state index contributed by atoms with van der Waals surface area (Å²) < 4.78 is 0. The maximum absolute atomic E-state index is 10.9. The first-order valence-electron chi connectivity index (χ1n) is 5.51. The molecule has 0 bridgehead atoms. The van der Waals surface area contributed by atoms with E-state index in [1.165, 1.54) is 12.8 Å². The zero-order valence-electron chi connectivity index (χ0n) is 9.55. The van der Waals surface area contributed by atoms with Crippen LogP contribution in [0.1, 0.15) is 31.4 Å². The second kappa shape index (κ2) is 4.12. The van der Waals surface area contributed by atoms with E-state index in [1.807, 2.05) is 12.1 Å². The summed E-state index contributed by atoms with van der Waals surface area (Å²) >= 11 is 0. The molecule has 4 nitrogen and oxygen atoms in total. The van der Waals surface area contributed by atoms with Crippen molar-refractivity contribution in [3.8, 4) is 0 Å². The van der Waals surface area contributed by atoms with Crippen LogP contribution >= 0.6 is 0 Å². The summed E-state index contributed by atoms with van der Waals surface area (Å²) in [6.07, 6.45) is 4.16. The van der Waals surface area contributed by atoms with Gasteiger partial charge in [-0.2, -0.15) is 0 Å². The minimum absolute atomic E-state index is 0.519. The number of anilines is 1. The maximum atomic E-state index is 10.9. The second-order valence-corrected chi connectivity index (χ2v) is 4.34. The van der Waals surface area contributed by atoms with Crippen molar-refractivity contribution in [2.24, 2.45) is 0 Å². The molecular weight excluding hydrogens is 204 g/mol. The van der Waals surface area contributed by atoms with E-state index in [0.29, 0.717) is 5.92 Å². The summed E-state index contributed by atoms with van der Waals surface area (Å²) in [6.45, 7) is 1.68. The van der Waals surface area contributed by atoms with Crippen molar-refractivity contribution >= 4 is 11.7 Å². The molecule has 1 saturated carbocycles. The Hall–Kier alpha value is -1.58. The molecule has 1 aromatic rings. The van der Waals surface area contributed by atoms with Gasteiger partial charge < -0.3 is 10.0 Å². The summed E-state index contributed by atoms with van der Waals surface area (Å²) in [7, 11) is 1.80. The number of aliphatic carboxylic acids is 1. The number of carbonyl (C=O) groups is 1. The highest BCUT2D eigenvalue weighted by molar-refractivity contribution is 5.77. The predicted molar refractivity (Wildman–Crippen MR) is 61.7 cm³/mol. The van der Waals surface area contributed by atoms with Crippen molar-refractivity contribution in [2.45, 2.75) is 31.7 Å². The highest BCUT2D eigenvalue weighted by Crippen LogP contribution is 2.39.